The van der Waals surface area contributed by atoms with Gasteiger partial charge in [-0.25, -0.2) is 0 Å². The quantitative estimate of drug-likeness (QED) is 0.680. The van der Waals surface area contributed by atoms with Crippen LogP contribution in [0.1, 0.15) is 37.8 Å². The van der Waals surface area contributed by atoms with Gasteiger partial charge in [-0.05, 0) is 37.0 Å². The normalized spacial score (nSPS) is 22.8. The molecule has 2 aromatic rings. The maximum absolute atomic E-state index is 14.3. The number of nitrogens with two attached hydrogens (primary N) is 1. The lowest BCUT2D eigenvalue weighted by Gasteiger charge is -2.47. The van der Waals surface area contributed by atoms with Crippen molar-refractivity contribution in [3.63, 3.8) is 0 Å². The molecule has 2 aliphatic heterocycles. The second-order valence-corrected chi connectivity index (χ2v) is 10.2. The molecule has 5 rings (SSSR count). The van der Waals surface area contributed by atoms with Gasteiger partial charge in [0, 0.05) is 34.6 Å². The highest BCUT2D eigenvalue weighted by atomic mass is 16.2. The monoisotopic (exact) mass is 462 g/mol. The number of amides is 1. The van der Waals surface area contributed by atoms with Crippen molar-refractivity contribution in [2.75, 3.05) is 16.3 Å². The zero-order chi connectivity index (χ0) is 25.1. The summed E-state index contributed by atoms with van der Waals surface area (Å²) in [5.74, 6) is 2.15. The molecule has 0 saturated carbocycles. The summed E-state index contributed by atoms with van der Waals surface area (Å²) in [5.41, 5.74) is 8.85. The number of carbonyl (C=O) groups is 2. The lowest BCUT2D eigenvalue weighted by atomic mass is 9.60. The zero-order valence-corrected chi connectivity index (χ0v) is 20.1. The van der Waals surface area contributed by atoms with Crippen molar-refractivity contribution >= 4 is 23.1 Å². The van der Waals surface area contributed by atoms with E-state index in [9.17, 15) is 14.9 Å². The van der Waals surface area contributed by atoms with Crippen molar-refractivity contribution < 1.29 is 9.59 Å². The Balaban J connectivity index is 1.90. The van der Waals surface area contributed by atoms with Gasteiger partial charge in [0.1, 0.15) is 17.3 Å². The topological polar surface area (TPSA) is 90.4 Å². The van der Waals surface area contributed by atoms with Crippen LogP contribution in [0.15, 0.2) is 71.2 Å². The van der Waals surface area contributed by atoms with E-state index in [4.69, 9.17) is 12.2 Å². The van der Waals surface area contributed by atoms with E-state index >= 15 is 0 Å². The number of nitriles is 1. The molecule has 35 heavy (non-hydrogen) atoms. The molecule has 0 unspecified atom stereocenters. The zero-order valence-electron chi connectivity index (χ0n) is 20.1. The number of allylic oxidation sites excluding steroid dienone is 1. The first-order valence-corrected chi connectivity index (χ1v) is 11.6. The first kappa shape index (κ1) is 22.5. The minimum Gasteiger partial charge on any atom is -0.384 e. The number of para-hydroxylation sites is 1. The molecule has 2 N–H and O–H groups in total. The van der Waals surface area contributed by atoms with Gasteiger partial charge in [0.2, 0.25) is 5.91 Å². The van der Waals surface area contributed by atoms with Crippen LogP contribution in [0.4, 0.5) is 11.4 Å². The van der Waals surface area contributed by atoms with E-state index in [0.29, 0.717) is 28.9 Å². The van der Waals surface area contributed by atoms with Crippen molar-refractivity contribution in [1.82, 2.24) is 0 Å². The molecule has 1 spiro atoms. The Kier molecular flexibility index (Phi) is 4.90. The summed E-state index contributed by atoms with van der Waals surface area (Å²) >= 11 is 0. The van der Waals surface area contributed by atoms with Gasteiger partial charge in [0.15, 0.2) is 5.78 Å². The van der Waals surface area contributed by atoms with Crippen LogP contribution >= 0.6 is 0 Å². The summed E-state index contributed by atoms with van der Waals surface area (Å²) in [5, 5.41) is 10.5. The largest absolute Gasteiger partial charge is 0.384 e. The van der Waals surface area contributed by atoms with Crippen molar-refractivity contribution in [1.29, 1.82) is 5.26 Å². The second-order valence-electron chi connectivity index (χ2n) is 10.2. The predicted molar refractivity (Wildman–Crippen MR) is 135 cm³/mol. The predicted octanol–water partition coefficient (Wildman–Crippen LogP) is 4.07. The molecule has 174 valence electrons. The molecular weight excluding hydrogens is 436 g/mol. The van der Waals surface area contributed by atoms with Crippen molar-refractivity contribution in [2.45, 2.75) is 39.0 Å². The minimum atomic E-state index is -1.61. The van der Waals surface area contributed by atoms with Crippen LogP contribution in [-0.2, 0) is 15.0 Å². The molecule has 0 aromatic heterocycles. The molecule has 6 heteroatoms. The van der Waals surface area contributed by atoms with Crippen LogP contribution < -0.4 is 15.5 Å². The van der Waals surface area contributed by atoms with Crippen molar-refractivity contribution in [2.24, 2.45) is 11.1 Å². The molecular formula is C29H26N4O2. The van der Waals surface area contributed by atoms with Crippen LogP contribution in [0, 0.1) is 36.0 Å². The molecule has 6 nitrogen and oxygen atoms in total. The molecule has 0 radical (unpaired) electrons. The van der Waals surface area contributed by atoms with E-state index in [1.165, 1.54) is 4.90 Å². The summed E-state index contributed by atoms with van der Waals surface area (Å²) in [7, 11) is 0. The third-order valence-electron chi connectivity index (χ3n) is 7.19. The lowest BCUT2D eigenvalue weighted by Crippen LogP contribution is -2.53. The number of terminal acetylenes is 1. The van der Waals surface area contributed by atoms with Gasteiger partial charge < -0.3 is 5.73 Å². The standard InChI is InChI=1S/C29H26N4O2/c1-5-14-32-22-9-7-6-8-20(22)29(27(32)35)21(17-30)26(31)33(19-12-10-18(2)11-13-19)23-15-28(3,4)16-24(34)25(23)29/h1,6-13H,14-16,31H2,2-4H3/t29-/m1/s1. The number of hydrogen-bond acceptors (Lipinski definition) is 5. The third-order valence-corrected chi connectivity index (χ3v) is 7.19. The number of carbonyl (C=O) groups excluding carboxylic acids is 2. The third kappa shape index (κ3) is 2.97. The van der Waals surface area contributed by atoms with E-state index in [1.807, 2.05) is 57.2 Å². The Morgan fingerprint density at radius 3 is 2.43 bits per heavy atom. The maximum Gasteiger partial charge on any atom is 0.248 e. The number of ketones is 1. The first-order valence-electron chi connectivity index (χ1n) is 11.6. The molecule has 2 aromatic carbocycles. The van der Waals surface area contributed by atoms with E-state index < -0.39 is 11.3 Å². The van der Waals surface area contributed by atoms with Crippen LogP contribution in [0.5, 0.6) is 0 Å². The molecule has 2 heterocycles. The highest BCUT2D eigenvalue weighted by Gasteiger charge is 2.63. The highest BCUT2D eigenvalue weighted by molar-refractivity contribution is 6.21. The Labute approximate surface area is 205 Å². The van der Waals surface area contributed by atoms with E-state index in [0.717, 1.165) is 11.3 Å². The van der Waals surface area contributed by atoms with Crippen LogP contribution in [0.25, 0.3) is 0 Å². The van der Waals surface area contributed by atoms with Gasteiger partial charge in [0.25, 0.3) is 0 Å². The Morgan fingerprint density at radius 1 is 1.09 bits per heavy atom. The molecule has 0 saturated heterocycles. The number of rotatable bonds is 2. The van der Waals surface area contributed by atoms with Gasteiger partial charge in [-0.2, -0.15) is 5.26 Å². The Hall–Kier alpha value is -4.29. The average molecular weight is 463 g/mol. The Bertz CT molecular complexity index is 1430. The van der Waals surface area contributed by atoms with Crippen LogP contribution in [-0.4, -0.2) is 18.2 Å². The average Bonchev–Trinajstić information content (AvgIpc) is 3.03. The number of hydrogen-bond donors (Lipinski definition) is 1. The number of aryl methyl sites for hydroxylation is 1. The molecule has 0 bridgehead atoms. The van der Waals surface area contributed by atoms with Gasteiger partial charge >= 0.3 is 0 Å². The minimum absolute atomic E-state index is 0.0280. The number of Topliss-reactive ketones (excluding diaryl/α,β-unsaturated/α-hetero) is 1. The SMILES string of the molecule is C#CCN1C(=O)[C@@]2(C(C#N)=C(N)N(c3ccc(C)cc3)C3=C2C(=O)CC(C)(C)C3)c2ccccc21. The summed E-state index contributed by atoms with van der Waals surface area (Å²) in [6.45, 7) is 6.08. The van der Waals surface area contributed by atoms with E-state index in [1.54, 1.807) is 17.0 Å². The van der Waals surface area contributed by atoms with Crippen LogP contribution in [0.2, 0.25) is 0 Å². The van der Waals surface area contributed by atoms with E-state index in [-0.39, 0.29) is 35.6 Å². The fourth-order valence-corrected chi connectivity index (χ4v) is 5.79. The number of fused-ring (bicyclic) bond motifs is 3. The molecule has 1 aliphatic carbocycles. The smallest absolute Gasteiger partial charge is 0.248 e. The fraction of sp³-hybridized carbons (Fsp3) is 0.276. The van der Waals surface area contributed by atoms with Gasteiger partial charge in [0.05, 0.1) is 12.1 Å². The van der Waals surface area contributed by atoms with Crippen molar-refractivity contribution in [3.8, 4) is 18.4 Å². The summed E-state index contributed by atoms with van der Waals surface area (Å²) in [6.07, 6.45) is 6.40. The molecule has 1 atom stereocenters. The highest BCUT2D eigenvalue weighted by Crippen LogP contribution is 2.58. The lowest BCUT2D eigenvalue weighted by molar-refractivity contribution is -0.125. The number of anilines is 2. The number of nitrogens with zero attached hydrogens (tertiary/aromatic N) is 3. The second kappa shape index (κ2) is 7.61. The van der Waals surface area contributed by atoms with Crippen LogP contribution in [0.3, 0.4) is 0 Å². The van der Waals surface area contributed by atoms with Gasteiger partial charge in [-0.15, -0.1) is 6.42 Å². The molecule has 0 fully saturated rings. The van der Waals surface area contributed by atoms with Gasteiger partial charge in [-0.3, -0.25) is 19.4 Å². The molecule has 1 amide bonds. The fourth-order valence-electron chi connectivity index (χ4n) is 5.79. The van der Waals surface area contributed by atoms with E-state index in [2.05, 4.69) is 12.0 Å². The summed E-state index contributed by atoms with van der Waals surface area (Å²) in [4.78, 5) is 31.5. The Morgan fingerprint density at radius 2 is 1.77 bits per heavy atom. The number of benzene rings is 2. The maximum atomic E-state index is 14.3. The summed E-state index contributed by atoms with van der Waals surface area (Å²) < 4.78 is 0. The summed E-state index contributed by atoms with van der Waals surface area (Å²) in [6, 6.07) is 17.2. The first-order chi connectivity index (χ1) is 16.7. The van der Waals surface area contributed by atoms with Crippen molar-refractivity contribution in [3.05, 3.63) is 82.3 Å². The van der Waals surface area contributed by atoms with Gasteiger partial charge in [-0.1, -0.05) is 55.7 Å². The molecule has 3 aliphatic rings.